The number of nitrogens with one attached hydrogen (secondary N) is 2. The summed E-state index contributed by atoms with van der Waals surface area (Å²) in [5.74, 6) is 0.711. The van der Waals surface area contributed by atoms with Crippen molar-refractivity contribution >= 4 is 57.0 Å². The summed E-state index contributed by atoms with van der Waals surface area (Å²) in [6.07, 6.45) is 7.55. The highest BCUT2D eigenvalue weighted by atomic mass is 35.5. The van der Waals surface area contributed by atoms with Crippen LogP contribution in [-0.2, 0) is 26.0 Å². The number of ether oxygens (including phenoxy) is 1. The fourth-order valence-electron chi connectivity index (χ4n) is 6.94. The Morgan fingerprint density at radius 2 is 1.78 bits per heavy atom. The van der Waals surface area contributed by atoms with Crippen molar-refractivity contribution in [2.45, 2.75) is 81.6 Å². The molecule has 0 aliphatic heterocycles. The summed E-state index contributed by atoms with van der Waals surface area (Å²) in [6, 6.07) is 9.30. The zero-order valence-corrected chi connectivity index (χ0v) is 32.9. The molecule has 5 atom stereocenters. The topological polar surface area (TPSA) is 122 Å². The minimum atomic E-state index is -4.24. The lowest BCUT2D eigenvalue weighted by Crippen LogP contribution is -2.40. The average Bonchev–Trinajstić information content (AvgIpc) is 3.06. The fraction of sp³-hybridized carbons (Fsp3) is 0.474. The molecule has 2 aliphatic rings. The van der Waals surface area contributed by atoms with E-state index in [1.807, 2.05) is 22.9 Å². The van der Waals surface area contributed by atoms with Crippen molar-refractivity contribution in [1.29, 1.82) is 0 Å². The zero-order chi connectivity index (χ0) is 37.7. The van der Waals surface area contributed by atoms with Gasteiger partial charge in [-0.15, -0.1) is 0 Å². The predicted octanol–water partition coefficient (Wildman–Crippen LogP) is 9.47. The van der Waals surface area contributed by atoms with E-state index in [2.05, 4.69) is 52.1 Å². The number of aliphatic carboxylic acids is 1. The molecule has 2 aromatic carbocycles. The number of allylic oxidation sites excluding steroid dienone is 6. The first-order valence-corrected chi connectivity index (χ1v) is 20.3. The molecule has 13 heteroatoms. The van der Waals surface area contributed by atoms with Gasteiger partial charge in [-0.05, 0) is 78.0 Å². The molecule has 51 heavy (non-hydrogen) atoms. The number of carboxylic acids is 1. The van der Waals surface area contributed by atoms with Crippen LogP contribution in [0.25, 0.3) is 0 Å². The average molecular weight is 782 g/mol. The van der Waals surface area contributed by atoms with Crippen LogP contribution in [0.5, 0.6) is 5.75 Å². The van der Waals surface area contributed by atoms with Crippen LogP contribution in [-0.4, -0.2) is 44.4 Å². The molecule has 8 nitrogen and oxygen atoms in total. The molecule has 3 N–H and O–H groups in total. The maximum absolute atomic E-state index is 14.2. The Morgan fingerprint density at radius 1 is 1.06 bits per heavy atom. The van der Waals surface area contributed by atoms with Gasteiger partial charge in [0.25, 0.3) is 10.0 Å². The van der Waals surface area contributed by atoms with Gasteiger partial charge in [0.05, 0.1) is 23.4 Å². The van der Waals surface area contributed by atoms with Gasteiger partial charge in [-0.2, -0.15) is 11.8 Å². The Kier molecular flexibility index (Phi) is 13.8. The van der Waals surface area contributed by atoms with E-state index in [0.29, 0.717) is 29.4 Å². The number of carboxylic acid groups (broad SMARTS) is 1. The summed E-state index contributed by atoms with van der Waals surface area (Å²) in [4.78, 5) is 22.6. The van der Waals surface area contributed by atoms with Crippen LogP contribution in [0.3, 0.4) is 0 Å². The number of sulfonamides is 1. The van der Waals surface area contributed by atoms with E-state index < -0.39 is 22.0 Å². The number of urea groups is 1. The van der Waals surface area contributed by atoms with Crippen LogP contribution < -0.4 is 14.8 Å². The number of rotatable bonds is 12. The third-order valence-corrected chi connectivity index (χ3v) is 13.8. The Balaban J connectivity index is 1.60. The van der Waals surface area contributed by atoms with Crippen LogP contribution in [0.15, 0.2) is 76.5 Å². The summed E-state index contributed by atoms with van der Waals surface area (Å²) in [5.41, 5.74) is 4.07. The first-order chi connectivity index (χ1) is 23.9. The number of methoxy groups -OCH3 is 1. The molecule has 0 fully saturated rings. The molecular weight excluding hydrogens is 734 g/mol. The summed E-state index contributed by atoms with van der Waals surface area (Å²) in [7, 11) is -2.62. The normalized spacial score (nSPS) is 22.8. The molecule has 4 rings (SSSR count). The number of hydrogen-bond acceptors (Lipinski definition) is 6. The van der Waals surface area contributed by atoms with Crippen molar-refractivity contribution in [2.24, 2.45) is 23.7 Å². The monoisotopic (exact) mass is 780 g/mol. The summed E-state index contributed by atoms with van der Waals surface area (Å²) >= 11 is 14.8. The lowest BCUT2D eigenvalue weighted by Gasteiger charge is -2.43. The molecule has 2 amide bonds. The largest absolute Gasteiger partial charge is 0.495 e. The van der Waals surface area contributed by atoms with Crippen molar-refractivity contribution in [3.05, 3.63) is 92.8 Å². The second-order valence-electron chi connectivity index (χ2n) is 13.9. The standard InChI is InChI=1S/C38H47Cl2FN2O6S2/c1-22-17-31(38(4,5)27-10-14-32(39)34(18-27)49-6)24(3)30(25-7-11-28(41)12-8-25)20-35(23(22)2)50-21-26-9-13-29(19-33(26)40)51(47,48)43-37(46)42-16-15-36(44)45/h7,9-11,13-14,17-19,22-24,30,35H,8,12,15-16,20-21H2,1-6H3,(H,44,45)(H2,42,43,46). The molecule has 0 bridgehead atoms. The summed E-state index contributed by atoms with van der Waals surface area (Å²) in [5, 5.41) is 12.0. The van der Waals surface area contributed by atoms with Gasteiger partial charge in [0, 0.05) is 34.4 Å². The highest BCUT2D eigenvalue weighted by Crippen LogP contribution is 2.49. The maximum Gasteiger partial charge on any atom is 0.328 e. The number of thioether (sulfide) groups is 1. The Morgan fingerprint density at radius 3 is 2.41 bits per heavy atom. The van der Waals surface area contributed by atoms with Crippen molar-refractivity contribution < 1.29 is 32.2 Å². The molecule has 0 saturated carbocycles. The van der Waals surface area contributed by atoms with E-state index >= 15 is 0 Å². The lowest BCUT2D eigenvalue weighted by atomic mass is 9.64. The van der Waals surface area contributed by atoms with Gasteiger partial charge in [0.1, 0.15) is 11.6 Å². The number of amides is 2. The summed E-state index contributed by atoms with van der Waals surface area (Å²) < 4.78 is 47.3. The number of benzene rings is 2. The molecule has 5 unspecified atom stereocenters. The Bertz CT molecular complexity index is 1830. The molecule has 2 aliphatic carbocycles. The van der Waals surface area contributed by atoms with Gasteiger partial charge in [0.2, 0.25) is 0 Å². The van der Waals surface area contributed by atoms with Gasteiger partial charge >= 0.3 is 12.0 Å². The number of hydrogen-bond donors (Lipinski definition) is 3. The number of carbonyl (C=O) groups is 2. The maximum atomic E-state index is 14.2. The van der Waals surface area contributed by atoms with Crippen LogP contribution in [0.4, 0.5) is 9.18 Å². The molecule has 0 aromatic heterocycles. The number of halogens is 3. The van der Waals surface area contributed by atoms with E-state index in [9.17, 15) is 22.4 Å². The molecule has 2 aromatic rings. The zero-order valence-electron chi connectivity index (χ0n) is 29.8. The van der Waals surface area contributed by atoms with Gasteiger partial charge in [0.15, 0.2) is 0 Å². The molecule has 0 saturated heterocycles. The highest BCUT2D eigenvalue weighted by molar-refractivity contribution is 7.99. The lowest BCUT2D eigenvalue weighted by molar-refractivity contribution is -0.136. The molecule has 0 radical (unpaired) electrons. The minimum Gasteiger partial charge on any atom is -0.495 e. The third-order valence-electron chi connectivity index (χ3n) is 10.3. The smallest absolute Gasteiger partial charge is 0.328 e. The van der Waals surface area contributed by atoms with E-state index in [1.165, 1.54) is 23.3 Å². The van der Waals surface area contributed by atoms with E-state index in [0.717, 1.165) is 17.5 Å². The molecule has 0 heterocycles. The van der Waals surface area contributed by atoms with E-state index in [-0.39, 0.29) is 63.0 Å². The highest BCUT2D eigenvalue weighted by Gasteiger charge is 2.40. The van der Waals surface area contributed by atoms with Crippen LogP contribution >= 0.6 is 35.0 Å². The second kappa shape index (κ2) is 17.2. The first kappa shape index (κ1) is 40.8. The van der Waals surface area contributed by atoms with Gasteiger partial charge in [-0.1, -0.05) is 93.3 Å². The van der Waals surface area contributed by atoms with Gasteiger partial charge in [-0.25, -0.2) is 22.3 Å². The molecule has 278 valence electrons. The minimum absolute atomic E-state index is 0.108. The Labute approximate surface area is 315 Å². The SMILES string of the molecule is COc1cc(C(C)(C)C2=CC(C)C(C)C(SCc3ccc(S(=O)(=O)NC(=O)NCCC(=O)O)cc3Cl)CC(C3=CC=C(F)CC3)C2C)ccc1Cl. The van der Waals surface area contributed by atoms with Gasteiger partial charge < -0.3 is 15.2 Å². The van der Waals surface area contributed by atoms with Crippen LogP contribution in [0, 0.1) is 23.7 Å². The van der Waals surface area contributed by atoms with Crippen LogP contribution in [0.1, 0.15) is 71.4 Å². The van der Waals surface area contributed by atoms with E-state index in [4.69, 9.17) is 33.0 Å². The Hall–Kier alpha value is -2.99. The molecular formula is C38H47Cl2FN2O6S2. The van der Waals surface area contributed by atoms with Gasteiger partial charge in [-0.3, -0.25) is 4.79 Å². The summed E-state index contributed by atoms with van der Waals surface area (Å²) in [6.45, 7) is 11.1. The second-order valence-corrected chi connectivity index (χ2v) is 17.6. The fourth-order valence-corrected chi connectivity index (χ4v) is 10.0. The third kappa shape index (κ3) is 10.1. The van der Waals surface area contributed by atoms with Crippen molar-refractivity contribution in [2.75, 3.05) is 13.7 Å². The molecule has 0 spiro atoms. The van der Waals surface area contributed by atoms with Crippen LogP contribution in [0.2, 0.25) is 10.0 Å². The number of carbonyl (C=O) groups excluding carboxylic acids is 1. The predicted molar refractivity (Wildman–Crippen MR) is 204 cm³/mol. The van der Waals surface area contributed by atoms with E-state index in [1.54, 1.807) is 31.0 Å². The van der Waals surface area contributed by atoms with Crippen molar-refractivity contribution in [3.63, 3.8) is 0 Å². The van der Waals surface area contributed by atoms with Crippen molar-refractivity contribution in [3.8, 4) is 5.75 Å². The quantitative estimate of drug-likeness (QED) is 0.184. The first-order valence-electron chi connectivity index (χ1n) is 17.0. The van der Waals surface area contributed by atoms with Crippen molar-refractivity contribution in [1.82, 2.24) is 10.0 Å².